The molecule has 2 fully saturated rings. The Labute approximate surface area is 139 Å². The van der Waals surface area contributed by atoms with E-state index < -0.39 is 23.3 Å². The summed E-state index contributed by atoms with van der Waals surface area (Å²) in [5.41, 5.74) is 0.0816. The summed E-state index contributed by atoms with van der Waals surface area (Å²) in [4.78, 5) is 37.5. The van der Waals surface area contributed by atoms with Crippen LogP contribution in [0.1, 0.15) is 37.7 Å². The first-order chi connectivity index (χ1) is 11.4. The van der Waals surface area contributed by atoms with E-state index in [1.54, 1.807) is 13.0 Å². The van der Waals surface area contributed by atoms with E-state index >= 15 is 0 Å². The number of halogens is 1. The van der Waals surface area contributed by atoms with Gasteiger partial charge in [-0.15, -0.1) is 0 Å². The number of carbonyl (C=O) groups excluding carboxylic acids is 3. The van der Waals surface area contributed by atoms with E-state index in [0.717, 1.165) is 23.3 Å². The van der Waals surface area contributed by atoms with E-state index in [2.05, 4.69) is 10.6 Å². The standard InChI is InChI=1S/C17H20FN3O3/c1-11-4-5-13(12(18)10-11)19-14(22)6-9-21-15(23)17(20-16(21)24)7-2-3-8-17/h4-5,10H,2-3,6-9H2,1H3,(H,19,22)(H,20,24). The molecule has 0 atom stereocenters. The molecule has 6 nitrogen and oxygen atoms in total. The molecular formula is C17H20FN3O3. The van der Waals surface area contributed by atoms with Gasteiger partial charge in [0.2, 0.25) is 5.91 Å². The van der Waals surface area contributed by atoms with Gasteiger partial charge in [0.25, 0.3) is 5.91 Å². The van der Waals surface area contributed by atoms with E-state index in [4.69, 9.17) is 0 Å². The molecule has 0 aromatic heterocycles. The Bertz CT molecular complexity index is 698. The van der Waals surface area contributed by atoms with Crippen LogP contribution in [0.4, 0.5) is 14.9 Å². The predicted octanol–water partition coefficient (Wildman–Crippen LogP) is 2.33. The fourth-order valence-electron chi connectivity index (χ4n) is 3.34. The summed E-state index contributed by atoms with van der Waals surface area (Å²) in [5, 5.41) is 5.23. The molecule has 24 heavy (non-hydrogen) atoms. The number of anilines is 1. The third-order valence-corrected chi connectivity index (χ3v) is 4.66. The molecule has 7 heteroatoms. The zero-order chi connectivity index (χ0) is 17.3. The van der Waals surface area contributed by atoms with Gasteiger partial charge in [0, 0.05) is 13.0 Å². The lowest BCUT2D eigenvalue weighted by Crippen LogP contribution is -2.44. The lowest BCUT2D eigenvalue weighted by Gasteiger charge is -2.19. The van der Waals surface area contributed by atoms with Gasteiger partial charge in [-0.1, -0.05) is 18.9 Å². The number of benzene rings is 1. The fourth-order valence-corrected chi connectivity index (χ4v) is 3.34. The monoisotopic (exact) mass is 333 g/mol. The fraction of sp³-hybridized carbons (Fsp3) is 0.471. The van der Waals surface area contributed by atoms with Gasteiger partial charge in [-0.2, -0.15) is 0 Å². The molecule has 0 radical (unpaired) electrons. The first-order valence-corrected chi connectivity index (χ1v) is 8.11. The van der Waals surface area contributed by atoms with Gasteiger partial charge in [-0.25, -0.2) is 9.18 Å². The second-order valence-corrected chi connectivity index (χ2v) is 6.46. The number of hydrogen-bond donors (Lipinski definition) is 2. The maximum absolute atomic E-state index is 13.7. The highest BCUT2D eigenvalue weighted by Gasteiger charge is 2.52. The summed E-state index contributed by atoms with van der Waals surface area (Å²) in [6.45, 7) is 1.75. The van der Waals surface area contributed by atoms with E-state index in [9.17, 15) is 18.8 Å². The summed E-state index contributed by atoms with van der Waals surface area (Å²) in [7, 11) is 0. The normalized spacial score (nSPS) is 19.0. The number of nitrogens with one attached hydrogen (secondary N) is 2. The van der Waals surface area contributed by atoms with Crippen molar-refractivity contribution in [3.63, 3.8) is 0 Å². The second kappa shape index (κ2) is 6.22. The minimum absolute atomic E-state index is 0.00820. The van der Waals surface area contributed by atoms with Crippen molar-refractivity contribution in [2.45, 2.75) is 44.6 Å². The van der Waals surface area contributed by atoms with Crippen LogP contribution in [0.3, 0.4) is 0 Å². The molecule has 4 amide bonds. The summed E-state index contributed by atoms with van der Waals surface area (Å²) >= 11 is 0. The zero-order valence-electron chi connectivity index (χ0n) is 13.5. The molecule has 1 aliphatic carbocycles. The Morgan fingerprint density at radius 2 is 2.04 bits per heavy atom. The number of aryl methyl sites for hydroxylation is 1. The van der Waals surface area contributed by atoms with Crippen molar-refractivity contribution in [2.24, 2.45) is 0 Å². The molecule has 1 aliphatic heterocycles. The first kappa shape index (κ1) is 16.4. The zero-order valence-corrected chi connectivity index (χ0v) is 13.5. The molecule has 0 bridgehead atoms. The minimum atomic E-state index is -0.767. The molecule has 128 valence electrons. The molecule has 1 saturated carbocycles. The Morgan fingerprint density at radius 3 is 2.71 bits per heavy atom. The second-order valence-electron chi connectivity index (χ2n) is 6.46. The summed E-state index contributed by atoms with van der Waals surface area (Å²) < 4.78 is 13.7. The molecule has 0 unspecified atom stereocenters. The third-order valence-electron chi connectivity index (χ3n) is 4.66. The summed E-state index contributed by atoms with van der Waals surface area (Å²) in [6.07, 6.45) is 3.05. The first-order valence-electron chi connectivity index (χ1n) is 8.11. The number of imide groups is 1. The van der Waals surface area contributed by atoms with Crippen LogP contribution in [0.25, 0.3) is 0 Å². The van der Waals surface area contributed by atoms with Crippen molar-refractivity contribution in [3.8, 4) is 0 Å². The number of amides is 4. The smallest absolute Gasteiger partial charge is 0.324 e. The van der Waals surface area contributed by atoms with Gasteiger partial charge in [-0.3, -0.25) is 14.5 Å². The maximum Gasteiger partial charge on any atom is 0.325 e. The Morgan fingerprint density at radius 1 is 1.33 bits per heavy atom. The van der Waals surface area contributed by atoms with E-state index in [1.165, 1.54) is 12.1 Å². The van der Waals surface area contributed by atoms with Crippen LogP contribution in [-0.4, -0.2) is 34.8 Å². The van der Waals surface area contributed by atoms with Crippen molar-refractivity contribution in [2.75, 3.05) is 11.9 Å². The van der Waals surface area contributed by atoms with Crippen molar-refractivity contribution in [1.82, 2.24) is 10.2 Å². The average molecular weight is 333 g/mol. The van der Waals surface area contributed by atoms with Crippen molar-refractivity contribution < 1.29 is 18.8 Å². The lowest BCUT2D eigenvalue weighted by molar-refractivity contribution is -0.131. The van der Waals surface area contributed by atoms with E-state index in [1.807, 2.05) is 0 Å². The Kier molecular flexibility index (Phi) is 4.26. The number of nitrogens with zero attached hydrogens (tertiary/aromatic N) is 1. The number of rotatable bonds is 4. The highest BCUT2D eigenvalue weighted by molar-refractivity contribution is 6.07. The van der Waals surface area contributed by atoms with E-state index in [0.29, 0.717) is 12.8 Å². The highest BCUT2D eigenvalue weighted by Crippen LogP contribution is 2.35. The van der Waals surface area contributed by atoms with Crippen molar-refractivity contribution in [3.05, 3.63) is 29.6 Å². The molecule has 1 heterocycles. The van der Waals surface area contributed by atoms with Crippen LogP contribution in [-0.2, 0) is 9.59 Å². The minimum Gasteiger partial charge on any atom is -0.324 e. The number of urea groups is 1. The summed E-state index contributed by atoms with van der Waals surface area (Å²) in [5.74, 6) is -1.20. The molecule has 1 aromatic carbocycles. The van der Waals surface area contributed by atoms with Crippen LogP contribution in [0.2, 0.25) is 0 Å². The molecule has 1 aromatic rings. The molecular weight excluding hydrogens is 313 g/mol. The van der Waals surface area contributed by atoms with Crippen LogP contribution in [0.5, 0.6) is 0 Å². The van der Waals surface area contributed by atoms with Crippen molar-refractivity contribution >= 4 is 23.5 Å². The van der Waals surface area contributed by atoms with Crippen LogP contribution >= 0.6 is 0 Å². The Hall–Kier alpha value is -2.44. The van der Waals surface area contributed by atoms with Crippen LogP contribution < -0.4 is 10.6 Å². The van der Waals surface area contributed by atoms with Gasteiger partial charge < -0.3 is 10.6 Å². The predicted molar refractivity (Wildman–Crippen MR) is 85.8 cm³/mol. The van der Waals surface area contributed by atoms with Gasteiger partial charge in [-0.05, 0) is 37.5 Å². The number of hydrogen-bond acceptors (Lipinski definition) is 3. The van der Waals surface area contributed by atoms with Gasteiger partial charge in [0.1, 0.15) is 11.4 Å². The molecule has 1 spiro atoms. The quantitative estimate of drug-likeness (QED) is 0.830. The van der Waals surface area contributed by atoms with E-state index in [-0.39, 0.29) is 24.6 Å². The lowest BCUT2D eigenvalue weighted by atomic mass is 9.98. The van der Waals surface area contributed by atoms with Crippen LogP contribution in [0, 0.1) is 12.7 Å². The average Bonchev–Trinajstić information content (AvgIpc) is 3.07. The van der Waals surface area contributed by atoms with Crippen LogP contribution in [0.15, 0.2) is 18.2 Å². The van der Waals surface area contributed by atoms with Gasteiger partial charge in [0.15, 0.2) is 0 Å². The van der Waals surface area contributed by atoms with Crippen molar-refractivity contribution in [1.29, 1.82) is 0 Å². The molecule has 2 N–H and O–H groups in total. The Balaban J connectivity index is 1.58. The topological polar surface area (TPSA) is 78.5 Å². The number of carbonyl (C=O) groups is 3. The van der Waals surface area contributed by atoms with Gasteiger partial charge >= 0.3 is 6.03 Å². The third kappa shape index (κ3) is 2.98. The molecule has 2 aliphatic rings. The molecule has 3 rings (SSSR count). The highest BCUT2D eigenvalue weighted by atomic mass is 19.1. The van der Waals surface area contributed by atoms with Gasteiger partial charge in [0.05, 0.1) is 5.69 Å². The molecule has 1 saturated heterocycles. The summed E-state index contributed by atoms with van der Waals surface area (Å²) in [6, 6.07) is 4.07. The SMILES string of the molecule is Cc1ccc(NC(=O)CCN2C(=O)NC3(CCCC3)C2=O)c(F)c1. The maximum atomic E-state index is 13.7. The largest absolute Gasteiger partial charge is 0.325 e.